The number of carbonyl (C=O) groups excluding carboxylic acids is 1. The van der Waals surface area contributed by atoms with Gasteiger partial charge >= 0.3 is 5.63 Å². The smallest absolute Gasteiger partial charge is 0.336 e. The van der Waals surface area contributed by atoms with Gasteiger partial charge in [0.05, 0.1) is 0 Å². The van der Waals surface area contributed by atoms with Gasteiger partial charge in [0.1, 0.15) is 11.3 Å². The first-order chi connectivity index (χ1) is 15.1. The van der Waals surface area contributed by atoms with E-state index in [1.54, 1.807) is 24.3 Å². The predicted octanol–water partition coefficient (Wildman–Crippen LogP) is 4.43. The molecular formula is C24H20N2O4S. The number of fused-ring (bicyclic) bond motifs is 2. The Labute approximate surface area is 182 Å². The molecule has 1 aliphatic heterocycles. The Morgan fingerprint density at radius 1 is 1.10 bits per heavy atom. The molecule has 0 aliphatic carbocycles. The fourth-order valence-electron chi connectivity index (χ4n) is 3.70. The molecule has 1 N–H and O–H groups in total. The average Bonchev–Trinajstić information content (AvgIpc) is 3.26. The molecule has 2 aromatic heterocycles. The number of thiophene rings is 1. The fourth-order valence-corrected chi connectivity index (χ4v) is 4.59. The van der Waals surface area contributed by atoms with E-state index in [2.05, 4.69) is 21.7 Å². The van der Waals surface area contributed by atoms with Crippen molar-refractivity contribution in [3.63, 3.8) is 0 Å². The lowest BCUT2D eigenvalue weighted by Gasteiger charge is -2.29. The first-order valence-corrected chi connectivity index (χ1v) is 10.9. The molecule has 5 rings (SSSR count). The third-order valence-electron chi connectivity index (χ3n) is 5.29. The van der Waals surface area contributed by atoms with E-state index in [-0.39, 0.29) is 12.5 Å². The molecule has 0 fully saturated rings. The van der Waals surface area contributed by atoms with E-state index in [9.17, 15) is 9.59 Å². The van der Waals surface area contributed by atoms with Crippen LogP contribution in [-0.2, 0) is 17.8 Å². The van der Waals surface area contributed by atoms with Crippen molar-refractivity contribution in [2.24, 2.45) is 0 Å². The van der Waals surface area contributed by atoms with E-state index >= 15 is 0 Å². The van der Waals surface area contributed by atoms with Crippen LogP contribution in [0.15, 0.2) is 75.3 Å². The van der Waals surface area contributed by atoms with Crippen molar-refractivity contribution in [1.82, 2.24) is 0 Å². The summed E-state index contributed by atoms with van der Waals surface area (Å²) in [6.07, 6.45) is 1.07. The second-order valence-electron chi connectivity index (χ2n) is 7.38. The molecule has 0 bridgehead atoms. The van der Waals surface area contributed by atoms with Crippen molar-refractivity contribution in [2.45, 2.75) is 13.0 Å². The van der Waals surface area contributed by atoms with Crippen molar-refractivity contribution in [1.29, 1.82) is 0 Å². The van der Waals surface area contributed by atoms with Crippen molar-refractivity contribution in [2.75, 3.05) is 23.4 Å². The quantitative estimate of drug-likeness (QED) is 0.472. The van der Waals surface area contributed by atoms with E-state index in [1.807, 2.05) is 35.6 Å². The fraction of sp³-hybridized carbons (Fsp3) is 0.167. The second kappa shape index (κ2) is 8.28. The van der Waals surface area contributed by atoms with Gasteiger partial charge in [-0.15, -0.1) is 11.3 Å². The Morgan fingerprint density at radius 3 is 2.81 bits per heavy atom. The standard InChI is InChI=1S/C24H20N2O4S/c27-23(15-29-20-7-1-16-2-8-24(28)30-21(16)13-20)25-18-3-5-19(6-4-18)26-11-9-22-17(14-26)10-12-31-22/h1-8,10,12-13H,9,11,14-15H2,(H,25,27). The Hall–Kier alpha value is -3.58. The molecule has 0 saturated carbocycles. The molecule has 0 unspecified atom stereocenters. The summed E-state index contributed by atoms with van der Waals surface area (Å²) in [6.45, 7) is 1.78. The van der Waals surface area contributed by atoms with Crippen LogP contribution in [0.1, 0.15) is 10.4 Å². The zero-order chi connectivity index (χ0) is 21.2. The summed E-state index contributed by atoms with van der Waals surface area (Å²) in [5.74, 6) is 0.202. The third-order valence-corrected chi connectivity index (χ3v) is 6.31. The van der Waals surface area contributed by atoms with Gasteiger partial charge in [-0.05, 0) is 65.9 Å². The molecule has 7 heteroatoms. The summed E-state index contributed by atoms with van der Waals surface area (Å²) in [5.41, 5.74) is 3.26. The summed E-state index contributed by atoms with van der Waals surface area (Å²) in [4.78, 5) is 27.5. The lowest BCUT2D eigenvalue weighted by atomic mass is 10.1. The molecular weight excluding hydrogens is 412 g/mol. The Balaban J connectivity index is 1.18. The third kappa shape index (κ3) is 4.32. The minimum absolute atomic E-state index is 0.141. The first-order valence-electron chi connectivity index (χ1n) is 10.0. The summed E-state index contributed by atoms with van der Waals surface area (Å²) < 4.78 is 10.7. The molecule has 0 radical (unpaired) electrons. The van der Waals surface area contributed by atoms with Gasteiger partial charge in [-0.2, -0.15) is 0 Å². The zero-order valence-corrected chi connectivity index (χ0v) is 17.5. The van der Waals surface area contributed by atoms with Crippen LogP contribution in [0.2, 0.25) is 0 Å². The SMILES string of the molecule is O=C(COc1ccc2ccc(=O)oc2c1)Nc1ccc(N2CCc3sccc3C2)cc1. The highest BCUT2D eigenvalue weighted by Gasteiger charge is 2.17. The number of hydrogen-bond donors (Lipinski definition) is 1. The van der Waals surface area contributed by atoms with Crippen molar-refractivity contribution < 1.29 is 13.9 Å². The number of rotatable bonds is 5. The van der Waals surface area contributed by atoms with E-state index in [0.717, 1.165) is 36.3 Å². The van der Waals surface area contributed by atoms with E-state index < -0.39 is 5.63 Å². The van der Waals surface area contributed by atoms with Crippen LogP contribution < -0.4 is 20.6 Å². The minimum Gasteiger partial charge on any atom is -0.484 e. The second-order valence-corrected chi connectivity index (χ2v) is 8.38. The molecule has 2 aromatic carbocycles. The lowest BCUT2D eigenvalue weighted by Crippen LogP contribution is -2.29. The number of carbonyl (C=O) groups is 1. The number of ether oxygens (including phenoxy) is 1. The monoisotopic (exact) mass is 432 g/mol. The number of hydrogen-bond acceptors (Lipinski definition) is 6. The molecule has 4 aromatic rings. The van der Waals surface area contributed by atoms with Crippen LogP contribution in [0.3, 0.4) is 0 Å². The first kappa shape index (κ1) is 19.4. The van der Waals surface area contributed by atoms with Crippen LogP contribution in [0.5, 0.6) is 5.75 Å². The maximum Gasteiger partial charge on any atom is 0.336 e. The van der Waals surface area contributed by atoms with Gasteiger partial charge in [-0.1, -0.05) is 0 Å². The lowest BCUT2D eigenvalue weighted by molar-refractivity contribution is -0.118. The molecule has 0 saturated heterocycles. The minimum atomic E-state index is -0.425. The van der Waals surface area contributed by atoms with Crippen LogP contribution in [0.25, 0.3) is 11.0 Å². The van der Waals surface area contributed by atoms with Gasteiger partial charge in [0, 0.05) is 46.9 Å². The van der Waals surface area contributed by atoms with Crippen LogP contribution in [0.4, 0.5) is 11.4 Å². The van der Waals surface area contributed by atoms with E-state index in [1.165, 1.54) is 16.5 Å². The number of amides is 1. The summed E-state index contributed by atoms with van der Waals surface area (Å²) in [7, 11) is 0. The molecule has 156 valence electrons. The van der Waals surface area contributed by atoms with E-state index in [0.29, 0.717) is 11.3 Å². The van der Waals surface area contributed by atoms with E-state index in [4.69, 9.17) is 9.15 Å². The molecule has 3 heterocycles. The topological polar surface area (TPSA) is 71.8 Å². The Morgan fingerprint density at radius 2 is 1.94 bits per heavy atom. The molecule has 1 aliphatic rings. The van der Waals surface area contributed by atoms with Gasteiger partial charge in [-0.3, -0.25) is 4.79 Å². The molecule has 6 nitrogen and oxygen atoms in total. The zero-order valence-electron chi connectivity index (χ0n) is 16.7. The van der Waals surface area contributed by atoms with Crippen LogP contribution in [0, 0.1) is 0 Å². The van der Waals surface area contributed by atoms with Gasteiger partial charge in [-0.25, -0.2) is 4.79 Å². The maximum atomic E-state index is 12.3. The molecule has 1 amide bonds. The largest absolute Gasteiger partial charge is 0.484 e. The highest BCUT2D eigenvalue weighted by atomic mass is 32.1. The van der Waals surface area contributed by atoms with Gasteiger partial charge in [0.25, 0.3) is 5.91 Å². The maximum absolute atomic E-state index is 12.3. The van der Waals surface area contributed by atoms with Crippen molar-refractivity contribution in [3.8, 4) is 5.75 Å². The summed E-state index contributed by atoms with van der Waals surface area (Å²) in [6, 6.07) is 18.2. The van der Waals surface area contributed by atoms with Gasteiger partial charge < -0.3 is 19.4 Å². The van der Waals surface area contributed by atoms with Crippen LogP contribution in [-0.4, -0.2) is 19.1 Å². The Bertz CT molecular complexity index is 1290. The highest BCUT2D eigenvalue weighted by molar-refractivity contribution is 7.10. The van der Waals surface area contributed by atoms with Crippen molar-refractivity contribution in [3.05, 3.63) is 86.9 Å². The summed E-state index contributed by atoms with van der Waals surface area (Å²) >= 11 is 1.83. The molecule has 0 spiro atoms. The molecule has 31 heavy (non-hydrogen) atoms. The number of anilines is 2. The number of nitrogens with one attached hydrogen (secondary N) is 1. The van der Waals surface area contributed by atoms with Gasteiger partial charge in [0.2, 0.25) is 0 Å². The number of nitrogens with zero attached hydrogens (tertiary/aromatic N) is 1. The average molecular weight is 433 g/mol. The summed E-state index contributed by atoms with van der Waals surface area (Å²) in [5, 5.41) is 5.79. The number of benzene rings is 2. The van der Waals surface area contributed by atoms with Crippen molar-refractivity contribution >= 4 is 39.6 Å². The predicted molar refractivity (Wildman–Crippen MR) is 122 cm³/mol. The highest BCUT2D eigenvalue weighted by Crippen LogP contribution is 2.28. The molecule has 0 atom stereocenters. The van der Waals surface area contributed by atoms with Crippen LogP contribution >= 0.6 is 11.3 Å². The normalized spacial score (nSPS) is 13.1. The Kier molecular flexibility index (Phi) is 5.18. The van der Waals surface area contributed by atoms with Gasteiger partial charge in [0.15, 0.2) is 6.61 Å².